The van der Waals surface area contributed by atoms with Crippen LogP contribution in [0.25, 0.3) is 0 Å². The molecule has 1 unspecified atom stereocenters. The molecule has 19 heavy (non-hydrogen) atoms. The molecule has 0 aromatic heterocycles. The van der Waals surface area contributed by atoms with Crippen molar-refractivity contribution in [1.82, 2.24) is 0 Å². The van der Waals surface area contributed by atoms with Crippen LogP contribution in [0.15, 0.2) is 30.3 Å². The summed E-state index contributed by atoms with van der Waals surface area (Å²) in [5.41, 5.74) is 0.168. The molecule has 0 fully saturated rings. The lowest BCUT2D eigenvalue weighted by Crippen LogP contribution is -2.32. The van der Waals surface area contributed by atoms with Crippen LogP contribution in [0.2, 0.25) is 0 Å². The maximum absolute atomic E-state index is 11.5. The standard InChI is InChI=1S/C16H24O2.Mg.2H/c1-3-4-5-6-10-13-16(2,15(17)18)14-11-8-7-9-12-14;;;/h7-9,11-12H,3-6,10,13H2,1-2H3,(H,17,18);;;. The van der Waals surface area contributed by atoms with E-state index in [9.17, 15) is 9.90 Å². The summed E-state index contributed by atoms with van der Waals surface area (Å²) in [5.74, 6) is -0.718. The lowest BCUT2D eigenvalue weighted by molar-refractivity contribution is -0.143. The van der Waals surface area contributed by atoms with Crippen molar-refractivity contribution in [3.8, 4) is 0 Å². The summed E-state index contributed by atoms with van der Waals surface area (Å²) in [6.45, 7) is 4.02. The second-order valence-electron chi connectivity index (χ2n) is 5.17. The second-order valence-corrected chi connectivity index (χ2v) is 5.17. The minimum atomic E-state index is -0.743. The first-order chi connectivity index (χ1) is 8.61. The Balaban J connectivity index is 0.00000324. The molecule has 104 valence electrons. The van der Waals surface area contributed by atoms with Gasteiger partial charge in [0.05, 0.1) is 5.41 Å². The van der Waals surface area contributed by atoms with E-state index in [1.54, 1.807) is 0 Å². The lowest BCUT2D eigenvalue weighted by Gasteiger charge is -2.25. The molecule has 1 atom stereocenters. The fourth-order valence-corrected chi connectivity index (χ4v) is 2.26. The molecule has 0 saturated heterocycles. The van der Waals surface area contributed by atoms with Crippen LogP contribution < -0.4 is 0 Å². The highest BCUT2D eigenvalue weighted by Gasteiger charge is 2.34. The Labute approximate surface area is 132 Å². The minimum Gasteiger partial charge on any atom is -0.481 e. The van der Waals surface area contributed by atoms with Crippen LogP contribution >= 0.6 is 0 Å². The summed E-state index contributed by atoms with van der Waals surface area (Å²) in [5, 5.41) is 9.49. The molecule has 1 aromatic carbocycles. The predicted molar refractivity (Wildman–Crippen MR) is 83.3 cm³/mol. The summed E-state index contributed by atoms with van der Waals surface area (Å²) >= 11 is 0. The average Bonchev–Trinajstić information content (AvgIpc) is 2.39. The summed E-state index contributed by atoms with van der Waals surface area (Å²) in [7, 11) is 0. The smallest absolute Gasteiger partial charge is 0.316 e. The maximum atomic E-state index is 11.5. The van der Waals surface area contributed by atoms with E-state index in [4.69, 9.17) is 0 Å². The van der Waals surface area contributed by atoms with Gasteiger partial charge in [-0.2, -0.15) is 0 Å². The Morgan fingerprint density at radius 1 is 1.11 bits per heavy atom. The number of aliphatic carboxylic acids is 1. The van der Waals surface area contributed by atoms with Gasteiger partial charge in [-0.3, -0.25) is 4.79 Å². The number of benzene rings is 1. The van der Waals surface area contributed by atoms with Crippen LogP contribution in [0.5, 0.6) is 0 Å². The fourth-order valence-electron chi connectivity index (χ4n) is 2.26. The predicted octanol–water partition coefficient (Wildman–Crippen LogP) is 3.47. The quantitative estimate of drug-likeness (QED) is 0.582. The van der Waals surface area contributed by atoms with E-state index in [2.05, 4.69) is 6.92 Å². The highest BCUT2D eigenvalue weighted by atomic mass is 24.3. The van der Waals surface area contributed by atoms with Crippen molar-refractivity contribution in [3.63, 3.8) is 0 Å². The van der Waals surface area contributed by atoms with Gasteiger partial charge in [-0.1, -0.05) is 69.4 Å². The maximum Gasteiger partial charge on any atom is 0.316 e. The molecule has 0 aliphatic rings. The molecule has 0 bridgehead atoms. The summed E-state index contributed by atoms with van der Waals surface area (Å²) in [4.78, 5) is 11.5. The highest BCUT2D eigenvalue weighted by Crippen LogP contribution is 2.30. The van der Waals surface area contributed by atoms with Gasteiger partial charge in [0, 0.05) is 0 Å². The minimum absolute atomic E-state index is 0. The number of carboxylic acid groups (broad SMARTS) is 1. The van der Waals surface area contributed by atoms with Gasteiger partial charge in [0.2, 0.25) is 0 Å². The molecular formula is C16H26MgO2. The van der Waals surface area contributed by atoms with E-state index >= 15 is 0 Å². The van der Waals surface area contributed by atoms with E-state index in [0.29, 0.717) is 0 Å². The van der Waals surface area contributed by atoms with Crippen molar-refractivity contribution < 1.29 is 9.90 Å². The topological polar surface area (TPSA) is 37.3 Å². The van der Waals surface area contributed by atoms with Gasteiger partial charge in [-0.15, -0.1) is 0 Å². The Bertz CT molecular complexity index is 364. The van der Waals surface area contributed by atoms with Crippen molar-refractivity contribution >= 4 is 29.0 Å². The average molecular weight is 275 g/mol. The third kappa shape index (κ3) is 5.53. The molecule has 0 amide bonds. The van der Waals surface area contributed by atoms with Crippen LogP contribution in [-0.4, -0.2) is 34.1 Å². The van der Waals surface area contributed by atoms with Crippen LogP contribution in [0.4, 0.5) is 0 Å². The number of unbranched alkanes of at least 4 members (excludes halogenated alkanes) is 4. The highest BCUT2D eigenvalue weighted by molar-refractivity contribution is 5.80. The number of hydrogen-bond acceptors (Lipinski definition) is 1. The zero-order chi connectivity index (χ0) is 13.4. The van der Waals surface area contributed by atoms with Crippen molar-refractivity contribution in [1.29, 1.82) is 0 Å². The molecule has 0 aliphatic heterocycles. The zero-order valence-corrected chi connectivity index (χ0v) is 11.5. The second kappa shape index (κ2) is 9.37. The number of hydrogen-bond donors (Lipinski definition) is 1. The molecule has 0 radical (unpaired) electrons. The zero-order valence-electron chi connectivity index (χ0n) is 11.5. The molecule has 2 nitrogen and oxygen atoms in total. The Morgan fingerprint density at radius 3 is 2.21 bits per heavy atom. The molecule has 0 spiro atoms. The number of carboxylic acids is 1. The van der Waals surface area contributed by atoms with Gasteiger partial charge in [0.1, 0.15) is 0 Å². The first kappa shape index (κ1) is 18.5. The van der Waals surface area contributed by atoms with Gasteiger partial charge in [-0.05, 0) is 18.9 Å². The normalized spacial score (nSPS) is 13.4. The molecule has 3 heteroatoms. The summed E-state index contributed by atoms with van der Waals surface area (Å²) < 4.78 is 0. The third-order valence-corrected chi connectivity index (χ3v) is 3.66. The molecule has 1 aromatic rings. The van der Waals surface area contributed by atoms with Gasteiger partial charge >= 0.3 is 29.0 Å². The monoisotopic (exact) mass is 274 g/mol. The summed E-state index contributed by atoms with van der Waals surface area (Å²) in [6.07, 6.45) is 6.50. The SMILES string of the molecule is CCCCCCCC(C)(C(=O)O)c1ccccc1.[MgH2]. The first-order valence-corrected chi connectivity index (χ1v) is 6.90. The van der Waals surface area contributed by atoms with E-state index in [0.717, 1.165) is 24.8 Å². The Morgan fingerprint density at radius 2 is 1.68 bits per heavy atom. The number of carbonyl (C=O) groups is 1. The van der Waals surface area contributed by atoms with E-state index in [-0.39, 0.29) is 23.1 Å². The molecule has 0 saturated carbocycles. The van der Waals surface area contributed by atoms with Crippen LogP contribution in [0.1, 0.15) is 57.9 Å². The van der Waals surface area contributed by atoms with Crippen molar-refractivity contribution in [2.45, 2.75) is 57.8 Å². The van der Waals surface area contributed by atoms with E-state index in [1.165, 1.54) is 19.3 Å². The largest absolute Gasteiger partial charge is 0.481 e. The first-order valence-electron chi connectivity index (χ1n) is 6.90. The Hall–Kier alpha value is -0.544. The van der Waals surface area contributed by atoms with Crippen LogP contribution in [0.3, 0.4) is 0 Å². The molecule has 0 heterocycles. The van der Waals surface area contributed by atoms with Crippen molar-refractivity contribution in [2.24, 2.45) is 0 Å². The summed E-state index contributed by atoms with van der Waals surface area (Å²) in [6, 6.07) is 9.58. The molecule has 1 N–H and O–H groups in total. The lowest BCUT2D eigenvalue weighted by atomic mass is 9.78. The molecule has 0 aliphatic carbocycles. The van der Waals surface area contributed by atoms with Crippen molar-refractivity contribution in [3.05, 3.63) is 35.9 Å². The molecule has 1 rings (SSSR count). The number of rotatable bonds is 8. The van der Waals surface area contributed by atoms with E-state index in [1.807, 2.05) is 37.3 Å². The fraction of sp³-hybridized carbons (Fsp3) is 0.562. The van der Waals surface area contributed by atoms with Gasteiger partial charge in [-0.25, -0.2) is 0 Å². The van der Waals surface area contributed by atoms with Gasteiger partial charge in [0.15, 0.2) is 0 Å². The van der Waals surface area contributed by atoms with Crippen LogP contribution in [-0.2, 0) is 10.2 Å². The molecular weight excluding hydrogens is 248 g/mol. The Kier molecular flexibility index (Phi) is 9.11. The van der Waals surface area contributed by atoms with Gasteiger partial charge in [0.25, 0.3) is 0 Å². The van der Waals surface area contributed by atoms with Crippen molar-refractivity contribution in [2.75, 3.05) is 0 Å². The van der Waals surface area contributed by atoms with Crippen LogP contribution in [0, 0.1) is 0 Å². The third-order valence-electron chi connectivity index (χ3n) is 3.66. The van der Waals surface area contributed by atoms with Gasteiger partial charge < -0.3 is 5.11 Å². The van der Waals surface area contributed by atoms with E-state index < -0.39 is 11.4 Å².